The van der Waals surface area contributed by atoms with E-state index < -0.39 is 0 Å². The largest absolute Gasteiger partial charge is 0.356 e. The Morgan fingerprint density at radius 3 is 2.88 bits per heavy atom. The average Bonchev–Trinajstić information content (AvgIpc) is 2.57. The highest BCUT2D eigenvalue weighted by Gasteiger charge is 2.12. The van der Waals surface area contributed by atoms with Crippen LogP contribution in [0.4, 0.5) is 0 Å². The van der Waals surface area contributed by atoms with Crippen molar-refractivity contribution in [2.24, 2.45) is 0 Å². The van der Waals surface area contributed by atoms with Crippen LogP contribution in [0.2, 0.25) is 5.02 Å². The van der Waals surface area contributed by atoms with Gasteiger partial charge in [0.1, 0.15) is 0 Å². The summed E-state index contributed by atoms with van der Waals surface area (Å²) in [5.41, 5.74) is 1.80. The third-order valence-electron chi connectivity index (χ3n) is 3.65. The Balaban J connectivity index is 2.01. The van der Waals surface area contributed by atoms with Gasteiger partial charge in [0.05, 0.1) is 6.42 Å². The summed E-state index contributed by atoms with van der Waals surface area (Å²) < 4.78 is 0. The van der Waals surface area contributed by atoms with Gasteiger partial charge in [-0.2, -0.15) is 0 Å². The Bertz CT molecular complexity index is 792. The number of carbonyl (C=O) groups is 1. The topological polar surface area (TPSA) is 74.8 Å². The molecule has 5 nitrogen and oxygen atoms in total. The van der Waals surface area contributed by atoms with Crippen LogP contribution in [0.15, 0.2) is 34.2 Å². The summed E-state index contributed by atoms with van der Waals surface area (Å²) in [5, 5.41) is 4.04. The number of nitrogens with zero attached hydrogens (tertiary/aromatic N) is 1. The first-order valence-electron chi connectivity index (χ1n) is 8.23. The van der Waals surface area contributed by atoms with E-state index in [0.29, 0.717) is 33.7 Å². The number of aryl methyl sites for hydroxylation is 1. The molecule has 1 aromatic carbocycles. The van der Waals surface area contributed by atoms with Crippen LogP contribution in [-0.4, -0.2) is 22.4 Å². The van der Waals surface area contributed by atoms with Crippen LogP contribution in [0.25, 0.3) is 0 Å². The molecule has 2 aromatic rings. The Hall–Kier alpha value is -1.79. The molecule has 0 aliphatic heterocycles. The minimum absolute atomic E-state index is 0.0527. The monoisotopic (exact) mass is 379 g/mol. The Kier molecular flexibility index (Phi) is 7.52. The molecule has 0 saturated heterocycles. The number of hydrogen-bond acceptors (Lipinski definition) is 4. The lowest BCUT2D eigenvalue weighted by Crippen LogP contribution is -2.29. The molecule has 0 radical (unpaired) electrons. The van der Waals surface area contributed by atoms with Gasteiger partial charge in [-0.1, -0.05) is 48.8 Å². The Labute approximate surface area is 156 Å². The number of nitrogens with one attached hydrogen (secondary N) is 2. The van der Waals surface area contributed by atoms with Gasteiger partial charge >= 0.3 is 0 Å². The Morgan fingerprint density at radius 2 is 2.20 bits per heavy atom. The maximum absolute atomic E-state index is 12.3. The van der Waals surface area contributed by atoms with E-state index in [-0.39, 0.29) is 17.9 Å². The molecule has 25 heavy (non-hydrogen) atoms. The summed E-state index contributed by atoms with van der Waals surface area (Å²) >= 11 is 7.40. The molecular formula is C18H22ClN3O2S. The quantitative estimate of drug-likeness (QED) is 0.418. The molecule has 1 aromatic heterocycles. The molecule has 2 N–H and O–H groups in total. The third kappa shape index (κ3) is 6.21. The van der Waals surface area contributed by atoms with E-state index in [9.17, 15) is 9.59 Å². The van der Waals surface area contributed by atoms with E-state index in [2.05, 4.69) is 22.2 Å². The summed E-state index contributed by atoms with van der Waals surface area (Å²) in [6.07, 6.45) is 2.00. The second-order valence-corrected chi connectivity index (χ2v) is 7.13. The predicted octanol–water partition coefficient (Wildman–Crippen LogP) is 3.48. The first kappa shape index (κ1) is 19.5. The molecule has 0 aliphatic carbocycles. The van der Waals surface area contributed by atoms with Gasteiger partial charge in [0.2, 0.25) is 5.91 Å². The number of H-pyrrole nitrogens is 1. The Morgan fingerprint density at radius 1 is 1.40 bits per heavy atom. The van der Waals surface area contributed by atoms with Gasteiger partial charge in [0, 0.05) is 28.6 Å². The molecule has 1 heterocycles. The third-order valence-corrected chi connectivity index (χ3v) is 4.83. The van der Waals surface area contributed by atoms with E-state index in [1.165, 1.54) is 11.8 Å². The molecule has 2 rings (SSSR count). The van der Waals surface area contributed by atoms with Crippen molar-refractivity contribution < 1.29 is 4.79 Å². The highest BCUT2D eigenvalue weighted by Crippen LogP contribution is 2.21. The number of halogens is 1. The van der Waals surface area contributed by atoms with Crippen LogP contribution in [0.1, 0.15) is 36.6 Å². The fraction of sp³-hybridized carbons (Fsp3) is 0.389. The van der Waals surface area contributed by atoms with Gasteiger partial charge in [-0.15, -0.1) is 0 Å². The van der Waals surface area contributed by atoms with Gasteiger partial charge in [-0.05, 0) is 31.0 Å². The van der Waals surface area contributed by atoms with Gasteiger partial charge < -0.3 is 10.3 Å². The number of carbonyl (C=O) groups excluding carboxylic acids is 1. The number of thioether (sulfide) groups is 1. The van der Waals surface area contributed by atoms with Gasteiger partial charge in [-0.25, -0.2) is 4.98 Å². The lowest BCUT2D eigenvalue weighted by molar-refractivity contribution is -0.120. The fourth-order valence-electron chi connectivity index (χ4n) is 2.27. The van der Waals surface area contributed by atoms with Crippen molar-refractivity contribution in [3.8, 4) is 0 Å². The normalized spacial score (nSPS) is 10.7. The van der Waals surface area contributed by atoms with Crippen molar-refractivity contribution in [1.82, 2.24) is 15.3 Å². The molecule has 134 valence electrons. The number of aromatic amines is 1. The van der Waals surface area contributed by atoms with Crippen molar-refractivity contribution in [3.05, 3.63) is 56.5 Å². The van der Waals surface area contributed by atoms with Crippen molar-refractivity contribution in [2.45, 2.75) is 44.0 Å². The smallest absolute Gasteiger partial charge is 0.255 e. The van der Waals surface area contributed by atoms with Crippen LogP contribution >= 0.6 is 23.4 Å². The standard InChI is InChI=1S/C18H22ClN3O2S/c1-3-4-8-20-16(23)10-15-12(2)21-18(22-17(15)24)25-11-13-6-5-7-14(19)9-13/h5-7,9H,3-4,8,10-11H2,1-2H3,(H,20,23)(H,21,22,24). The summed E-state index contributed by atoms with van der Waals surface area (Å²) in [7, 11) is 0. The number of aromatic nitrogens is 2. The SMILES string of the molecule is CCCCNC(=O)Cc1c(C)nc(SCc2cccc(Cl)c2)[nH]c1=O. The highest BCUT2D eigenvalue weighted by atomic mass is 35.5. The minimum atomic E-state index is -0.258. The zero-order valence-corrected chi connectivity index (χ0v) is 16.0. The van der Waals surface area contributed by atoms with Crippen LogP contribution in [0.5, 0.6) is 0 Å². The van der Waals surface area contributed by atoms with Crippen LogP contribution < -0.4 is 10.9 Å². The summed E-state index contributed by atoms with van der Waals surface area (Å²) in [6, 6.07) is 7.56. The number of amides is 1. The van der Waals surface area contributed by atoms with Gasteiger partial charge in [0.15, 0.2) is 5.16 Å². The van der Waals surface area contributed by atoms with Crippen molar-refractivity contribution in [1.29, 1.82) is 0 Å². The second kappa shape index (κ2) is 9.63. The maximum atomic E-state index is 12.3. The number of rotatable bonds is 8. The second-order valence-electron chi connectivity index (χ2n) is 5.73. The molecule has 0 unspecified atom stereocenters. The summed E-state index contributed by atoms with van der Waals surface area (Å²) in [5.74, 6) is 0.503. The molecular weight excluding hydrogens is 358 g/mol. The molecule has 0 bridgehead atoms. The van der Waals surface area contributed by atoms with Gasteiger partial charge in [0.25, 0.3) is 5.56 Å². The minimum Gasteiger partial charge on any atom is -0.356 e. The summed E-state index contributed by atoms with van der Waals surface area (Å²) in [6.45, 7) is 4.45. The van der Waals surface area contributed by atoms with Crippen molar-refractivity contribution in [2.75, 3.05) is 6.54 Å². The molecule has 0 fully saturated rings. The average molecular weight is 380 g/mol. The summed E-state index contributed by atoms with van der Waals surface area (Å²) in [4.78, 5) is 31.4. The van der Waals surface area contributed by atoms with E-state index >= 15 is 0 Å². The van der Waals surface area contributed by atoms with Crippen LogP contribution in [0.3, 0.4) is 0 Å². The predicted molar refractivity (Wildman–Crippen MR) is 102 cm³/mol. The van der Waals surface area contributed by atoms with Crippen LogP contribution in [-0.2, 0) is 17.0 Å². The zero-order chi connectivity index (χ0) is 18.2. The number of benzene rings is 1. The van der Waals surface area contributed by atoms with Crippen molar-refractivity contribution in [3.63, 3.8) is 0 Å². The number of unbranched alkanes of at least 4 members (excludes halogenated alkanes) is 1. The molecule has 0 saturated carbocycles. The highest BCUT2D eigenvalue weighted by molar-refractivity contribution is 7.98. The van der Waals surface area contributed by atoms with Crippen LogP contribution in [0, 0.1) is 6.92 Å². The van der Waals surface area contributed by atoms with E-state index in [1.807, 2.05) is 24.3 Å². The molecule has 0 spiro atoms. The maximum Gasteiger partial charge on any atom is 0.255 e. The van der Waals surface area contributed by atoms with Gasteiger partial charge in [-0.3, -0.25) is 9.59 Å². The van der Waals surface area contributed by atoms with E-state index in [0.717, 1.165) is 18.4 Å². The molecule has 0 aliphatic rings. The lowest BCUT2D eigenvalue weighted by Gasteiger charge is -2.08. The zero-order valence-electron chi connectivity index (χ0n) is 14.4. The lowest BCUT2D eigenvalue weighted by atomic mass is 10.1. The fourth-order valence-corrected chi connectivity index (χ4v) is 3.33. The van der Waals surface area contributed by atoms with E-state index in [4.69, 9.17) is 11.6 Å². The van der Waals surface area contributed by atoms with E-state index in [1.54, 1.807) is 6.92 Å². The first-order chi connectivity index (χ1) is 12.0. The molecule has 7 heteroatoms. The first-order valence-corrected chi connectivity index (χ1v) is 9.59. The van der Waals surface area contributed by atoms with Crippen molar-refractivity contribution >= 4 is 29.3 Å². The number of hydrogen-bond donors (Lipinski definition) is 2. The molecule has 1 amide bonds. The molecule has 0 atom stereocenters.